The SMILES string of the molecule is CCCCCOc1ccc([C@@H](O)[C@@H](CC[C@H](CN2CCCCCC2)[C@@H](O)c2ccc(OCCCCC)cc2)CN2CCCCCC2)cc1. The zero-order valence-electron chi connectivity index (χ0n) is 30.5. The quantitative estimate of drug-likeness (QED) is 0.130. The zero-order chi connectivity index (χ0) is 33.8. The second kappa shape index (κ2) is 22.6. The van der Waals surface area contributed by atoms with Crippen molar-refractivity contribution in [1.29, 1.82) is 0 Å². The predicted molar refractivity (Wildman–Crippen MR) is 199 cm³/mol. The van der Waals surface area contributed by atoms with Crippen LogP contribution >= 0.6 is 0 Å². The number of aliphatic hydroxyl groups is 2. The van der Waals surface area contributed by atoms with Crippen LogP contribution in [0.4, 0.5) is 0 Å². The van der Waals surface area contributed by atoms with Crippen molar-refractivity contribution in [2.24, 2.45) is 11.8 Å². The number of aliphatic hydroxyl groups excluding tert-OH is 2. The van der Waals surface area contributed by atoms with E-state index in [4.69, 9.17) is 9.47 Å². The molecule has 2 fully saturated rings. The minimum Gasteiger partial charge on any atom is -0.494 e. The molecule has 4 atom stereocenters. The first kappa shape index (κ1) is 38.7. The predicted octanol–water partition coefficient (Wildman–Crippen LogP) is 9.36. The van der Waals surface area contributed by atoms with Gasteiger partial charge in [0.1, 0.15) is 11.5 Å². The topological polar surface area (TPSA) is 65.4 Å². The molecule has 270 valence electrons. The highest BCUT2D eigenvalue weighted by Gasteiger charge is 2.29. The maximum atomic E-state index is 11.9. The summed E-state index contributed by atoms with van der Waals surface area (Å²) in [6.07, 6.45) is 17.7. The summed E-state index contributed by atoms with van der Waals surface area (Å²) < 4.78 is 11.9. The fraction of sp³-hybridized carbons (Fsp3) is 0.714. The van der Waals surface area contributed by atoms with Crippen LogP contribution in [-0.2, 0) is 0 Å². The maximum Gasteiger partial charge on any atom is 0.119 e. The number of unbranched alkanes of at least 4 members (excludes halogenated alkanes) is 4. The van der Waals surface area contributed by atoms with Gasteiger partial charge in [-0.05, 0) is 113 Å². The Hall–Kier alpha value is -2.12. The van der Waals surface area contributed by atoms with Gasteiger partial charge >= 0.3 is 0 Å². The van der Waals surface area contributed by atoms with E-state index in [1.54, 1.807) is 0 Å². The molecule has 2 aromatic rings. The number of rotatable bonds is 21. The summed E-state index contributed by atoms with van der Waals surface area (Å²) in [6.45, 7) is 12.1. The number of likely N-dealkylation sites (tertiary alicyclic amines) is 2. The molecule has 2 saturated heterocycles. The number of nitrogens with zero attached hydrogens (tertiary/aromatic N) is 2. The van der Waals surface area contributed by atoms with Crippen LogP contribution < -0.4 is 9.47 Å². The molecule has 2 N–H and O–H groups in total. The van der Waals surface area contributed by atoms with Gasteiger partial charge in [0.15, 0.2) is 0 Å². The van der Waals surface area contributed by atoms with E-state index in [-0.39, 0.29) is 11.8 Å². The van der Waals surface area contributed by atoms with E-state index >= 15 is 0 Å². The fourth-order valence-corrected chi connectivity index (χ4v) is 7.58. The molecule has 4 rings (SSSR count). The standard InChI is InChI=1S/C42H68N2O4/c1-3-5-15-31-47-39-23-19-35(20-24-39)41(45)37(33-43-27-11-7-8-12-28-43)17-18-38(34-44-29-13-9-10-14-30-44)42(46)36-21-25-40(26-22-36)48-32-16-6-4-2/h19-26,37-38,41-42,45-46H,3-18,27-34H2,1-2H3/t37-,38+,41+,42-. The largest absolute Gasteiger partial charge is 0.494 e. The van der Waals surface area contributed by atoms with E-state index in [1.807, 2.05) is 24.3 Å². The highest BCUT2D eigenvalue weighted by Crippen LogP contribution is 2.34. The van der Waals surface area contributed by atoms with Crippen LogP contribution in [0, 0.1) is 11.8 Å². The summed E-state index contributed by atoms with van der Waals surface area (Å²) in [5.41, 5.74) is 1.93. The minimum absolute atomic E-state index is 0.0946. The summed E-state index contributed by atoms with van der Waals surface area (Å²) in [5, 5.41) is 23.9. The van der Waals surface area contributed by atoms with Crippen molar-refractivity contribution in [3.05, 3.63) is 59.7 Å². The molecule has 2 aliphatic rings. The third kappa shape index (κ3) is 13.7. The Kier molecular flexibility index (Phi) is 18.2. The molecule has 0 amide bonds. The molecular weight excluding hydrogens is 596 g/mol. The molecule has 2 heterocycles. The summed E-state index contributed by atoms with van der Waals surface area (Å²) in [7, 11) is 0. The van der Waals surface area contributed by atoms with Crippen LogP contribution in [0.15, 0.2) is 48.5 Å². The van der Waals surface area contributed by atoms with Gasteiger partial charge < -0.3 is 29.5 Å². The van der Waals surface area contributed by atoms with Crippen molar-refractivity contribution in [2.75, 3.05) is 52.5 Å². The number of hydrogen-bond donors (Lipinski definition) is 2. The van der Waals surface area contributed by atoms with Gasteiger partial charge in [0.2, 0.25) is 0 Å². The molecule has 0 bridgehead atoms. The average Bonchev–Trinajstić information content (AvgIpc) is 3.55. The van der Waals surface area contributed by atoms with Gasteiger partial charge in [-0.1, -0.05) is 89.5 Å². The van der Waals surface area contributed by atoms with Crippen LogP contribution in [0.2, 0.25) is 0 Å². The Balaban J connectivity index is 1.47. The number of ether oxygens (including phenoxy) is 2. The zero-order valence-corrected chi connectivity index (χ0v) is 30.5. The van der Waals surface area contributed by atoms with E-state index in [0.717, 1.165) is 101 Å². The minimum atomic E-state index is -0.553. The van der Waals surface area contributed by atoms with Crippen molar-refractivity contribution in [1.82, 2.24) is 9.80 Å². The van der Waals surface area contributed by atoms with Gasteiger partial charge in [-0.15, -0.1) is 0 Å². The van der Waals surface area contributed by atoms with Crippen molar-refractivity contribution in [3.63, 3.8) is 0 Å². The first-order valence-electron chi connectivity index (χ1n) is 19.8. The van der Waals surface area contributed by atoms with Crippen LogP contribution in [0.3, 0.4) is 0 Å². The fourth-order valence-electron chi connectivity index (χ4n) is 7.58. The first-order valence-corrected chi connectivity index (χ1v) is 19.8. The molecule has 0 radical (unpaired) electrons. The average molecular weight is 665 g/mol. The van der Waals surface area contributed by atoms with Gasteiger partial charge in [-0.2, -0.15) is 0 Å². The van der Waals surface area contributed by atoms with Gasteiger partial charge in [0.25, 0.3) is 0 Å². The molecule has 6 nitrogen and oxygen atoms in total. The molecule has 6 heteroatoms. The van der Waals surface area contributed by atoms with E-state index < -0.39 is 12.2 Å². The summed E-state index contributed by atoms with van der Waals surface area (Å²) in [5.74, 6) is 1.95. The molecule has 2 aliphatic heterocycles. The normalized spacial score (nSPS) is 19.2. The third-order valence-corrected chi connectivity index (χ3v) is 10.7. The Morgan fingerprint density at radius 2 is 0.875 bits per heavy atom. The Morgan fingerprint density at radius 1 is 0.521 bits per heavy atom. The molecule has 48 heavy (non-hydrogen) atoms. The first-order chi connectivity index (χ1) is 23.6. The molecule has 0 aromatic heterocycles. The van der Waals surface area contributed by atoms with E-state index in [0.29, 0.717) is 0 Å². The van der Waals surface area contributed by atoms with Crippen LogP contribution in [0.25, 0.3) is 0 Å². The summed E-state index contributed by atoms with van der Waals surface area (Å²) >= 11 is 0. The third-order valence-electron chi connectivity index (χ3n) is 10.7. The van der Waals surface area contributed by atoms with E-state index in [9.17, 15) is 10.2 Å². The summed E-state index contributed by atoms with van der Waals surface area (Å²) in [4.78, 5) is 5.18. The molecule has 0 spiro atoms. The highest BCUT2D eigenvalue weighted by molar-refractivity contribution is 5.30. The second-order valence-electron chi connectivity index (χ2n) is 14.7. The molecule has 2 aromatic carbocycles. The van der Waals surface area contributed by atoms with Crippen molar-refractivity contribution in [3.8, 4) is 11.5 Å². The van der Waals surface area contributed by atoms with Crippen molar-refractivity contribution < 1.29 is 19.7 Å². The molecule has 0 saturated carbocycles. The molecule has 0 aliphatic carbocycles. The van der Waals surface area contributed by atoms with Crippen LogP contribution in [0.5, 0.6) is 11.5 Å². The van der Waals surface area contributed by atoms with E-state index in [2.05, 4.69) is 47.9 Å². The second-order valence-corrected chi connectivity index (χ2v) is 14.7. The maximum absolute atomic E-state index is 11.9. The van der Waals surface area contributed by atoms with Crippen molar-refractivity contribution in [2.45, 2.75) is 129 Å². The summed E-state index contributed by atoms with van der Waals surface area (Å²) in [6, 6.07) is 16.3. The van der Waals surface area contributed by atoms with Gasteiger partial charge in [0.05, 0.1) is 25.4 Å². The Morgan fingerprint density at radius 3 is 1.21 bits per heavy atom. The molecular formula is C42H68N2O4. The van der Waals surface area contributed by atoms with Crippen molar-refractivity contribution >= 4 is 0 Å². The van der Waals surface area contributed by atoms with Gasteiger partial charge in [-0.25, -0.2) is 0 Å². The Bertz CT molecular complexity index is 990. The number of benzene rings is 2. The molecule has 0 unspecified atom stereocenters. The smallest absolute Gasteiger partial charge is 0.119 e. The van der Waals surface area contributed by atoms with Crippen LogP contribution in [0.1, 0.15) is 140 Å². The van der Waals surface area contributed by atoms with E-state index in [1.165, 1.54) is 77.0 Å². The van der Waals surface area contributed by atoms with Gasteiger partial charge in [0, 0.05) is 24.9 Å². The lowest BCUT2D eigenvalue weighted by Crippen LogP contribution is -2.36. The van der Waals surface area contributed by atoms with Crippen LogP contribution in [-0.4, -0.2) is 72.5 Å². The Labute approximate surface area is 293 Å². The van der Waals surface area contributed by atoms with Gasteiger partial charge in [-0.3, -0.25) is 0 Å². The monoisotopic (exact) mass is 665 g/mol. The lowest BCUT2D eigenvalue weighted by atomic mass is 9.84. The highest BCUT2D eigenvalue weighted by atomic mass is 16.5. The lowest BCUT2D eigenvalue weighted by Gasteiger charge is -2.34. The number of hydrogen-bond acceptors (Lipinski definition) is 6. The lowest BCUT2D eigenvalue weighted by molar-refractivity contribution is 0.0449.